The molecule has 0 bridgehead atoms. The SMILES string of the molecule is CC(=O)c1ccc(NC(=O)CCSc2nnc(NCC(C)C)s2)cc1. The van der Waals surface area contributed by atoms with Crippen molar-refractivity contribution in [3.63, 3.8) is 0 Å². The first-order valence-electron chi connectivity index (χ1n) is 8.05. The third kappa shape index (κ3) is 6.83. The van der Waals surface area contributed by atoms with E-state index in [-0.39, 0.29) is 11.7 Å². The van der Waals surface area contributed by atoms with Crippen molar-refractivity contribution < 1.29 is 9.59 Å². The number of ketones is 1. The summed E-state index contributed by atoms with van der Waals surface area (Å²) >= 11 is 3.02. The summed E-state index contributed by atoms with van der Waals surface area (Å²) in [5.74, 6) is 1.13. The first-order valence-corrected chi connectivity index (χ1v) is 9.85. The van der Waals surface area contributed by atoms with E-state index in [0.29, 0.717) is 29.3 Å². The number of aromatic nitrogens is 2. The Balaban J connectivity index is 1.72. The highest BCUT2D eigenvalue weighted by molar-refractivity contribution is 8.01. The molecule has 0 radical (unpaired) electrons. The number of thioether (sulfide) groups is 1. The molecule has 8 heteroatoms. The van der Waals surface area contributed by atoms with Crippen molar-refractivity contribution >= 4 is 45.6 Å². The largest absolute Gasteiger partial charge is 0.360 e. The third-order valence-electron chi connectivity index (χ3n) is 3.20. The van der Waals surface area contributed by atoms with E-state index in [9.17, 15) is 9.59 Å². The fourth-order valence-electron chi connectivity index (χ4n) is 1.87. The van der Waals surface area contributed by atoms with Crippen LogP contribution in [0, 0.1) is 5.92 Å². The van der Waals surface area contributed by atoms with Crippen LogP contribution < -0.4 is 10.6 Å². The highest BCUT2D eigenvalue weighted by Gasteiger charge is 2.08. The topological polar surface area (TPSA) is 84.0 Å². The average Bonchev–Trinajstić information content (AvgIpc) is 3.01. The monoisotopic (exact) mass is 378 g/mol. The molecule has 1 heterocycles. The van der Waals surface area contributed by atoms with E-state index in [2.05, 4.69) is 34.7 Å². The molecule has 0 atom stereocenters. The van der Waals surface area contributed by atoms with Crippen LogP contribution >= 0.6 is 23.1 Å². The Labute approximate surface area is 155 Å². The number of nitrogens with one attached hydrogen (secondary N) is 2. The molecule has 2 N–H and O–H groups in total. The van der Waals surface area contributed by atoms with Gasteiger partial charge in [-0.05, 0) is 37.1 Å². The van der Waals surface area contributed by atoms with Crippen molar-refractivity contribution in [2.75, 3.05) is 22.9 Å². The molecule has 6 nitrogen and oxygen atoms in total. The van der Waals surface area contributed by atoms with Gasteiger partial charge in [-0.15, -0.1) is 10.2 Å². The summed E-state index contributed by atoms with van der Waals surface area (Å²) in [5, 5.41) is 15.1. The zero-order valence-corrected chi connectivity index (χ0v) is 16.2. The Bertz CT molecular complexity index is 714. The van der Waals surface area contributed by atoms with Crippen molar-refractivity contribution in [3.05, 3.63) is 29.8 Å². The highest BCUT2D eigenvalue weighted by atomic mass is 32.2. The second kappa shape index (κ2) is 9.53. The lowest BCUT2D eigenvalue weighted by molar-refractivity contribution is -0.115. The fraction of sp³-hybridized carbons (Fsp3) is 0.412. The summed E-state index contributed by atoms with van der Waals surface area (Å²) in [7, 11) is 0. The number of carbonyl (C=O) groups excluding carboxylic acids is 2. The van der Waals surface area contributed by atoms with Gasteiger partial charge >= 0.3 is 0 Å². The summed E-state index contributed by atoms with van der Waals surface area (Å²) in [6.45, 7) is 6.65. The van der Waals surface area contributed by atoms with Gasteiger partial charge in [0, 0.05) is 30.0 Å². The number of anilines is 2. The maximum absolute atomic E-state index is 12.0. The van der Waals surface area contributed by atoms with Crippen LogP contribution in [0.3, 0.4) is 0 Å². The first-order chi connectivity index (χ1) is 11.9. The minimum absolute atomic E-state index is 0.00795. The zero-order chi connectivity index (χ0) is 18.2. The van der Waals surface area contributed by atoms with Crippen molar-refractivity contribution in [2.24, 2.45) is 5.92 Å². The Hall–Kier alpha value is -1.93. The summed E-state index contributed by atoms with van der Waals surface area (Å²) in [5.41, 5.74) is 1.32. The second-order valence-electron chi connectivity index (χ2n) is 5.93. The van der Waals surface area contributed by atoms with Crippen LogP contribution in [0.5, 0.6) is 0 Å². The van der Waals surface area contributed by atoms with Crippen molar-refractivity contribution in [1.29, 1.82) is 0 Å². The average molecular weight is 379 g/mol. The van der Waals surface area contributed by atoms with Crippen LogP contribution in [0.15, 0.2) is 28.6 Å². The molecule has 0 aliphatic carbocycles. The van der Waals surface area contributed by atoms with Crippen molar-refractivity contribution in [2.45, 2.75) is 31.5 Å². The van der Waals surface area contributed by atoms with Gasteiger partial charge in [-0.25, -0.2) is 0 Å². The van der Waals surface area contributed by atoms with Gasteiger partial charge in [0.05, 0.1) is 0 Å². The maximum atomic E-state index is 12.0. The van der Waals surface area contributed by atoms with Crippen LogP contribution in [-0.2, 0) is 4.79 Å². The summed E-state index contributed by atoms with van der Waals surface area (Å²) < 4.78 is 0.852. The molecule has 1 aromatic heterocycles. The molecule has 2 rings (SSSR count). The molecule has 1 amide bonds. The number of hydrogen-bond donors (Lipinski definition) is 2. The normalized spacial score (nSPS) is 10.7. The van der Waals surface area contributed by atoms with Crippen LogP contribution in [0.25, 0.3) is 0 Å². The van der Waals surface area contributed by atoms with Crippen molar-refractivity contribution in [1.82, 2.24) is 10.2 Å². The number of nitrogens with zero attached hydrogens (tertiary/aromatic N) is 2. The molecule has 134 valence electrons. The lowest BCUT2D eigenvalue weighted by Crippen LogP contribution is -2.12. The summed E-state index contributed by atoms with van der Waals surface area (Å²) in [6, 6.07) is 6.89. The molecule has 0 saturated heterocycles. The molecule has 0 unspecified atom stereocenters. The van der Waals surface area contributed by atoms with Crippen LogP contribution in [-0.4, -0.2) is 34.2 Å². The molecular weight excluding hydrogens is 356 g/mol. The van der Waals surface area contributed by atoms with Gasteiger partial charge in [0.25, 0.3) is 0 Å². The zero-order valence-electron chi connectivity index (χ0n) is 14.5. The molecule has 0 spiro atoms. The van der Waals surface area contributed by atoms with Crippen molar-refractivity contribution in [3.8, 4) is 0 Å². The number of hydrogen-bond acceptors (Lipinski definition) is 7. The van der Waals surface area contributed by atoms with Crippen LogP contribution in [0.4, 0.5) is 10.8 Å². The van der Waals surface area contributed by atoms with Gasteiger partial charge in [-0.3, -0.25) is 9.59 Å². The van der Waals surface area contributed by atoms with E-state index in [1.165, 1.54) is 30.0 Å². The van der Waals surface area contributed by atoms with Gasteiger partial charge in [-0.1, -0.05) is 36.9 Å². The Morgan fingerprint density at radius 1 is 1.20 bits per heavy atom. The molecule has 0 fully saturated rings. The van der Waals surface area contributed by atoms with E-state index in [4.69, 9.17) is 0 Å². The number of benzene rings is 1. The second-order valence-corrected chi connectivity index (χ2v) is 8.25. The van der Waals surface area contributed by atoms with E-state index in [1.807, 2.05) is 0 Å². The molecule has 25 heavy (non-hydrogen) atoms. The summed E-state index contributed by atoms with van der Waals surface area (Å²) in [4.78, 5) is 23.2. The minimum Gasteiger partial charge on any atom is -0.360 e. The standard InChI is InChI=1S/C17H22N4O2S2/c1-11(2)10-18-16-20-21-17(25-16)24-9-8-15(23)19-14-6-4-13(5-7-14)12(3)22/h4-7,11H,8-10H2,1-3H3,(H,18,20)(H,19,23). The van der Waals surface area contributed by atoms with E-state index in [1.54, 1.807) is 24.3 Å². The number of carbonyl (C=O) groups is 2. The Morgan fingerprint density at radius 3 is 2.56 bits per heavy atom. The predicted molar refractivity (Wildman–Crippen MR) is 104 cm³/mol. The maximum Gasteiger partial charge on any atom is 0.225 e. The van der Waals surface area contributed by atoms with Gasteiger partial charge in [0.15, 0.2) is 10.1 Å². The van der Waals surface area contributed by atoms with Gasteiger partial charge in [-0.2, -0.15) is 0 Å². The number of rotatable bonds is 9. The quantitative estimate of drug-likeness (QED) is 0.508. The van der Waals surface area contributed by atoms with Gasteiger partial charge in [0.2, 0.25) is 11.0 Å². The van der Waals surface area contributed by atoms with E-state index >= 15 is 0 Å². The van der Waals surface area contributed by atoms with Gasteiger partial charge in [0.1, 0.15) is 0 Å². The minimum atomic E-state index is -0.0641. The fourth-order valence-corrected chi connectivity index (χ4v) is 3.64. The third-order valence-corrected chi connectivity index (χ3v) is 5.21. The molecule has 0 saturated carbocycles. The Kier molecular flexibility index (Phi) is 7.39. The van der Waals surface area contributed by atoms with Crippen LogP contribution in [0.1, 0.15) is 37.6 Å². The van der Waals surface area contributed by atoms with E-state index < -0.39 is 0 Å². The molecule has 0 aliphatic heterocycles. The lowest BCUT2D eigenvalue weighted by atomic mass is 10.1. The number of amides is 1. The lowest BCUT2D eigenvalue weighted by Gasteiger charge is -2.05. The first kappa shape index (κ1) is 19.4. The Morgan fingerprint density at radius 2 is 1.92 bits per heavy atom. The highest BCUT2D eigenvalue weighted by Crippen LogP contribution is 2.26. The molecular formula is C17H22N4O2S2. The predicted octanol–water partition coefficient (Wildman–Crippen LogP) is 3.93. The smallest absolute Gasteiger partial charge is 0.225 e. The van der Waals surface area contributed by atoms with Gasteiger partial charge < -0.3 is 10.6 Å². The molecule has 0 aliphatic rings. The summed E-state index contributed by atoms with van der Waals surface area (Å²) in [6.07, 6.45) is 0.382. The molecule has 2 aromatic rings. The molecule has 1 aromatic carbocycles. The van der Waals surface area contributed by atoms with E-state index in [0.717, 1.165) is 16.0 Å². The van der Waals surface area contributed by atoms with Crippen LogP contribution in [0.2, 0.25) is 0 Å². The number of Topliss-reactive ketones (excluding diaryl/α,β-unsaturated/α-hetero) is 1.